The first-order valence-corrected chi connectivity index (χ1v) is 11.3. The van der Waals surface area contributed by atoms with Gasteiger partial charge in [0.15, 0.2) is 0 Å². The lowest BCUT2D eigenvalue weighted by Crippen LogP contribution is -2.57. The van der Waals surface area contributed by atoms with Crippen molar-refractivity contribution in [2.24, 2.45) is 17.2 Å². The molecule has 0 heterocycles. The Hall–Kier alpha value is -2.91. The zero-order chi connectivity index (χ0) is 26.3. The Morgan fingerprint density at radius 3 is 1.76 bits per heavy atom. The van der Waals surface area contributed by atoms with Crippen LogP contribution < -0.4 is 33.2 Å². The molecule has 0 saturated carbocycles. The third-order valence-corrected chi connectivity index (χ3v) is 5.06. The molecule has 11 N–H and O–H groups in total. The van der Waals surface area contributed by atoms with Crippen LogP contribution in [0.1, 0.15) is 44.9 Å². The van der Waals surface area contributed by atoms with Crippen molar-refractivity contribution in [2.45, 2.75) is 69.1 Å². The van der Waals surface area contributed by atoms with E-state index >= 15 is 0 Å². The molecule has 0 radical (unpaired) electrons. The van der Waals surface area contributed by atoms with Crippen LogP contribution in [0.4, 0.5) is 0 Å². The molecule has 0 spiro atoms. The zero-order valence-corrected chi connectivity index (χ0v) is 19.6. The van der Waals surface area contributed by atoms with E-state index in [-0.39, 0.29) is 31.4 Å². The number of aliphatic carboxylic acids is 2. The van der Waals surface area contributed by atoms with Crippen molar-refractivity contribution >= 4 is 48.2 Å². The number of carbonyl (C=O) groups excluding carboxylic acids is 4. The van der Waals surface area contributed by atoms with Crippen LogP contribution in [0.5, 0.6) is 0 Å². The van der Waals surface area contributed by atoms with Crippen molar-refractivity contribution in [2.75, 3.05) is 12.3 Å². The first-order valence-electron chi connectivity index (χ1n) is 10.6. The molecule has 0 saturated heterocycles. The largest absolute Gasteiger partial charge is 0.481 e. The van der Waals surface area contributed by atoms with Crippen molar-refractivity contribution in [3.63, 3.8) is 0 Å². The number of rotatable bonds is 18. The quantitative estimate of drug-likeness (QED) is 0.0674. The highest BCUT2D eigenvalue weighted by Gasteiger charge is 2.30. The standard InChI is InChI=1S/C19H34N6O8S/c20-8-2-1-3-11(23-16(29)10(21)4-6-14(22)26)17(30)24-12(5-7-15(27)28)18(31)25-13(9-34)19(32)33/h10-13,34H,1-9,20-21H2,(H2,22,26)(H,23,29)(H,24,30)(H,25,31)(H,27,28)(H,32,33). The fourth-order valence-electron chi connectivity index (χ4n) is 2.74. The molecule has 0 aromatic heterocycles. The third-order valence-electron chi connectivity index (χ3n) is 4.70. The Morgan fingerprint density at radius 1 is 0.765 bits per heavy atom. The van der Waals surface area contributed by atoms with Gasteiger partial charge < -0.3 is 43.4 Å². The lowest BCUT2D eigenvalue weighted by Gasteiger charge is -2.25. The molecule has 14 nitrogen and oxygen atoms in total. The summed E-state index contributed by atoms with van der Waals surface area (Å²) in [6, 6.07) is -5.00. The van der Waals surface area contributed by atoms with E-state index in [4.69, 9.17) is 27.4 Å². The predicted molar refractivity (Wildman–Crippen MR) is 123 cm³/mol. The maximum atomic E-state index is 12.9. The molecule has 0 aliphatic rings. The number of unbranched alkanes of at least 4 members (excludes halogenated alkanes) is 1. The van der Waals surface area contributed by atoms with Gasteiger partial charge in [-0.05, 0) is 38.6 Å². The number of nitrogens with one attached hydrogen (secondary N) is 3. The minimum atomic E-state index is -1.39. The molecular formula is C19H34N6O8S. The average Bonchev–Trinajstić information content (AvgIpc) is 2.76. The summed E-state index contributed by atoms with van der Waals surface area (Å²) in [6.45, 7) is 0.338. The van der Waals surface area contributed by atoms with Gasteiger partial charge in [-0.15, -0.1) is 0 Å². The van der Waals surface area contributed by atoms with Crippen LogP contribution in [-0.2, 0) is 28.8 Å². The first kappa shape index (κ1) is 31.1. The smallest absolute Gasteiger partial charge is 0.327 e. The second-order valence-corrected chi connectivity index (χ2v) is 7.90. The number of carboxylic acids is 2. The number of carboxylic acid groups (broad SMARTS) is 2. The van der Waals surface area contributed by atoms with Crippen molar-refractivity contribution in [3.05, 3.63) is 0 Å². The Bertz CT molecular complexity index is 738. The number of hydrogen-bond donors (Lipinski definition) is 9. The van der Waals surface area contributed by atoms with Crippen molar-refractivity contribution in [1.82, 2.24) is 16.0 Å². The van der Waals surface area contributed by atoms with Crippen LogP contribution in [0.3, 0.4) is 0 Å². The molecule has 4 atom stereocenters. The maximum absolute atomic E-state index is 12.9. The number of nitrogens with two attached hydrogens (primary N) is 3. The molecule has 0 aliphatic carbocycles. The van der Waals surface area contributed by atoms with E-state index in [9.17, 15) is 28.8 Å². The van der Waals surface area contributed by atoms with E-state index in [0.29, 0.717) is 19.4 Å². The van der Waals surface area contributed by atoms with Gasteiger partial charge in [0.25, 0.3) is 0 Å². The zero-order valence-electron chi connectivity index (χ0n) is 18.7. The summed E-state index contributed by atoms with van der Waals surface area (Å²) >= 11 is 3.84. The van der Waals surface area contributed by atoms with Gasteiger partial charge in [-0.25, -0.2) is 4.79 Å². The minimum Gasteiger partial charge on any atom is -0.481 e. The van der Waals surface area contributed by atoms with Crippen LogP contribution in [0, 0.1) is 0 Å². The molecule has 0 aliphatic heterocycles. The topological polar surface area (TPSA) is 257 Å². The highest BCUT2D eigenvalue weighted by atomic mass is 32.1. The number of amides is 4. The fourth-order valence-corrected chi connectivity index (χ4v) is 2.98. The van der Waals surface area contributed by atoms with E-state index in [1.54, 1.807) is 0 Å². The van der Waals surface area contributed by atoms with Crippen LogP contribution in [0.25, 0.3) is 0 Å². The number of primary amides is 1. The van der Waals surface area contributed by atoms with E-state index in [0.717, 1.165) is 0 Å². The number of thiol groups is 1. The maximum Gasteiger partial charge on any atom is 0.327 e. The van der Waals surface area contributed by atoms with Gasteiger partial charge in [-0.3, -0.25) is 24.0 Å². The van der Waals surface area contributed by atoms with Gasteiger partial charge in [0, 0.05) is 18.6 Å². The summed E-state index contributed by atoms with van der Waals surface area (Å²) in [5.74, 6) is -5.90. The molecule has 4 unspecified atom stereocenters. The van der Waals surface area contributed by atoms with Crippen LogP contribution in [-0.4, -0.2) is 82.2 Å². The van der Waals surface area contributed by atoms with Crippen molar-refractivity contribution < 1.29 is 39.0 Å². The summed E-state index contributed by atoms with van der Waals surface area (Å²) in [4.78, 5) is 70.8. The highest BCUT2D eigenvalue weighted by molar-refractivity contribution is 7.80. The third kappa shape index (κ3) is 13.0. The van der Waals surface area contributed by atoms with Gasteiger partial charge in [0.1, 0.15) is 18.1 Å². The van der Waals surface area contributed by atoms with Crippen LogP contribution in [0.15, 0.2) is 0 Å². The van der Waals surface area contributed by atoms with E-state index in [1.165, 1.54) is 0 Å². The second kappa shape index (κ2) is 16.7. The summed E-state index contributed by atoms with van der Waals surface area (Å²) < 4.78 is 0. The van der Waals surface area contributed by atoms with E-state index < -0.39 is 66.2 Å². The first-order chi connectivity index (χ1) is 15.9. The normalized spacial score (nSPS) is 14.2. The van der Waals surface area contributed by atoms with Gasteiger partial charge in [0.2, 0.25) is 23.6 Å². The monoisotopic (exact) mass is 506 g/mol. The SMILES string of the molecule is NCCCCC(NC(=O)C(N)CCC(N)=O)C(=O)NC(CCC(=O)O)C(=O)NC(CS)C(=O)O. The summed E-state index contributed by atoms with van der Waals surface area (Å²) in [5.41, 5.74) is 16.2. The van der Waals surface area contributed by atoms with Gasteiger partial charge in [-0.1, -0.05) is 0 Å². The number of hydrogen-bond acceptors (Lipinski definition) is 9. The molecule has 15 heteroatoms. The van der Waals surface area contributed by atoms with Crippen molar-refractivity contribution in [3.8, 4) is 0 Å². The summed E-state index contributed by atoms with van der Waals surface area (Å²) in [6.07, 6.45) is 0.135. The Morgan fingerprint density at radius 2 is 1.29 bits per heavy atom. The predicted octanol–water partition coefficient (Wildman–Crippen LogP) is -2.96. The molecule has 0 rings (SSSR count). The van der Waals surface area contributed by atoms with Crippen LogP contribution in [0.2, 0.25) is 0 Å². The van der Waals surface area contributed by atoms with Gasteiger partial charge >= 0.3 is 11.9 Å². The minimum absolute atomic E-state index is 0.0394. The Labute approximate surface area is 202 Å². The number of carbonyl (C=O) groups is 6. The van der Waals surface area contributed by atoms with Crippen LogP contribution >= 0.6 is 12.6 Å². The lowest BCUT2D eigenvalue weighted by atomic mass is 10.0. The molecule has 34 heavy (non-hydrogen) atoms. The van der Waals surface area contributed by atoms with Crippen molar-refractivity contribution in [1.29, 1.82) is 0 Å². The second-order valence-electron chi connectivity index (χ2n) is 7.53. The molecule has 4 amide bonds. The fraction of sp³-hybridized carbons (Fsp3) is 0.684. The lowest BCUT2D eigenvalue weighted by molar-refractivity contribution is -0.142. The Balaban J connectivity index is 5.46. The molecule has 0 aromatic rings. The molecule has 0 aromatic carbocycles. The summed E-state index contributed by atoms with van der Waals surface area (Å²) in [7, 11) is 0. The van der Waals surface area contributed by atoms with Gasteiger partial charge in [-0.2, -0.15) is 12.6 Å². The van der Waals surface area contributed by atoms with Gasteiger partial charge in [0.05, 0.1) is 6.04 Å². The molecule has 0 fully saturated rings. The highest BCUT2D eigenvalue weighted by Crippen LogP contribution is 2.06. The van der Waals surface area contributed by atoms with E-state index in [1.807, 2.05) is 0 Å². The molecular weight excluding hydrogens is 472 g/mol. The van der Waals surface area contributed by atoms with E-state index in [2.05, 4.69) is 28.6 Å². The summed E-state index contributed by atoms with van der Waals surface area (Å²) in [5, 5.41) is 25.1. The average molecular weight is 507 g/mol. The molecule has 194 valence electrons. The Kier molecular flexibility index (Phi) is 15.2. The molecule has 0 bridgehead atoms.